The van der Waals surface area contributed by atoms with Crippen molar-refractivity contribution in [2.45, 2.75) is 49.0 Å². The van der Waals surface area contributed by atoms with Crippen LogP contribution in [-0.2, 0) is 32.0 Å². The van der Waals surface area contributed by atoms with Crippen molar-refractivity contribution in [1.29, 1.82) is 0 Å². The minimum Gasteiger partial charge on any atom is -0.387 e. The fourth-order valence-corrected chi connectivity index (χ4v) is 6.87. The summed E-state index contributed by atoms with van der Waals surface area (Å²) in [6.45, 7) is -1.81. The molecular formula is C22H29N7O14P2. The van der Waals surface area contributed by atoms with Gasteiger partial charge in [-0.25, -0.2) is 14.1 Å². The van der Waals surface area contributed by atoms with E-state index in [1.807, 2.05) is 0 Å². The summed E-state index contributed by atoms with van der Waals surface area (Å²) >= 11 is 0. The molecule has 45 heavy (non-hydrogen) atoms. The number of nitrogens with two attached hydrogens (primary N) is 3. The van der Waals surface area contributed by atoms with Crippen molar-refractivity contribution in [2.24, 2.45) is 5.73 Å². The molecule has 0 spiro atoms. The normalized spacial score (nSPS) is 31.2. The Labute approximate surface area is 252 Å². The summed E-state index contributed by atoms with van der Waals surface area (Å²) in [5, 5.41) is 41.7. The van der Waals surface area contributed by atoms with Gasteiger partial charge in [0.1, 0.15) is 48.2 Å². The summed E-state index contributed by atoms with van der Waals surface area (Å²) in [5.74, 6) is -1.01. The molecule has 2 fully saturated rings. The van der Waals surface area contributed by atoms with Gasteiger partial charge in [-0.15, -0.1) is 0 Å². The number of amides is 1. The number of aromatic nitrogens is 4. The maximum atomic E-state index is 12.5. The SMILES string of the molecule is NC(=O)c1cccc(C2OC(COP(=O)(O)OP(=O)(O)OCC3OC(n4cnc5c(N)nc(N)nc54)C(O)C3O)C(O)C2O)c1. The highest BCUT2D eigenvalue weighted by molar-refractivity contribution is 7.61. The van der Waals surface area contributed by atoms with E-state index in [0.717, 1.165) is 0 Å². The van der Waals surface area contributed by atoms with Crippen molar-refractivity contribution in [3.63, 3.8) is 0 Å². The van der Waals surface area contributed by atoms with E-state index in [9.17, 15) is 44.1 Å². The Morgan fingerprint density at radius 3 is 2.20 bits per heavy atom. The molecule has 12 N–H and O–H groups in total. The number of phosphoric acid groups is 2. The van der Waals surface area contributed by atoms with Crippen LogP contribution in [0, 0.1) is 0 Å². The fourth-order valence-electron chi connectivity index (χ4n) is 4.78. The Balaban J connectivity index is 1.17. The summed E-state index contributed by atoms with van der Waals surface area (Å²) in [7, 11) is -10.8. The maximum Gasteiger partial charge on any atom is 0.481 e. The van der Waals surface area contributed by atoms with Gasteiger partial charge in [0.25, 0.3) is 0 Å². The number of benzene rings is 1. The van der Waals surface area contributed by atoms with Gasteiger partial charge in [-0.3, -0.25) is 18.4 Å². The third-order valence-corrected chi connectivity index (χ3v) is 9.55. The van der Waals surface area contributed by atoms with E-state index in [2.05, 4.69) is 19.3 Å². The standard InChI is InChI=1S/C22H29N7O14P2/c23-18-12-20(28-22(25)27-18)29(7-26-12)21-16(33)14(31)11(42-21)6-40-45(37,38)43-44(35,36)39-5-10-13(30)15(32)17(41-10)8-2-1-3-9(4-8)19(24)34/h1-4,7,10-11,13-17,21,30-33H,5-6H2,(H2,24,34)(H,35,36)(H,37,38)(H4,23,25,27,28). The summed E-state index contributed by atoms with van der Waals surface area (Å²) < 4.78 is 50.8. The lowest BCUT2D eigenvalue weighted by molar-refractivity contribution is -0.0507. The monoisotopic (exact) mass is 677 g/mol. The number of primary amides is 1. The van der Waals surface area contributed by atoms with Gasteiger partial charge in [0.05, 0.1) is 19.5 Å². The molecule has 2 aromatic heterocycles. The number of aliphatic hydroxyl groups excluding tert-OH is 4. The highest BCUT2D eigenvalue weighted by Crippen LogP contribution is 2.61. The lowest BCUT2D eigenvalue weighted by Crippen LogP contribution is -2.33. The molecule has 2 saturated heterocycles. The number of hydrogen-bond donors (Lipinski definition) is 9. The molecule has 23 heteroatoms. The number of carbonyl (C=O) groups excluding carboxylic acids is 1. The first-order chi connectivity index (χ1) is 21.1. The van der Waals surface area contributed by atoms with Crippen LogP contribution >= 0.6 is 15.6 Å². The molecule has 1 aromatic carbocycles. The van der Waals surface area contributed by atoms with Gasteiger partial charge in [-0.1, -0.05) is 12.1 Å². The molecule has 21 nitrogen and oxygen atoms in total. The Bertz CT molecular complexity index is 1680. The molecule has 0 aliphatic carbocycles. The number of carbonyl (C=O) groups is 1. The number of phosphoric ester groups is 2. The molecule has 246 valence electrons. The minimum atomic E-state index is -5.39. The van der Waals surface area contributed by atoms with E-state index in [-0.39, 0.29) is 34.1 Å². The second-order valence-electron chi connectivity index (χ2n) is 10.0. The van der Waals surface area contributed by atoms with Crippen molar-refractivity contribution >= 4 is 44.5 Å². The van der Waals surface area contributed by atoms with Crippen molar-refractivity contribution in [3.05, 3.63) is 41.7 Å². The zero-order chi connectivity index (χ0) is 32.8. The fraction of sp³-hybridized carbons (Fsp3) is 0.455. The van der Waals surface area contributed by atoms with Crippen LogP contribution in [0.25, 0.3) is 11.2 Å². The molecule has 1 amide bonds. The predicted molar refractivity (Wildman–Crippen MR) is 147 cm³/mol. The number of anilines is 2. The van der Waals surface area contributed by atoms with Crippen LogP contribution in [0.3, 0.4) is 0 Å². The van der Waals surface area contributed by atoms with Crippen LogP contribution in [0.4, 0.5) is 11.8 Å². The lowest BCUT2D eigenvalue weighted by Gasteiger charge is -2.20. The number of imidazole rings is 1. The first kappa shape index (κ1) is 33.2. The van der Waals surface area contributed by atoms with Gasteiger partial charge in [0, 0.05) is 5.56 Å². The summed E-state index contributed by atoms with van der Waals surface area (Å²) in [5.41, 5.74) is 17.2. The van der Waals surface area contributed by atoms with Crippen molar-refractivity contribution in [3.8, 4) is 0 Å². The van der Waals surface area contributed by atoms with Crippen LogP contribution in [0.5, 0.6) is 0 Å². The minimum absolute atomic E-state index is 0.0572. The topological polar surface area (TPSA) is 340 Å². The van der Waals surface area contributed by atoms with Crippen LogP contribution in [0.2, 0.25) is 0 Å². The van der Waals surface area contributed by atoms with Gasteiger partial charge in [0.15, 0.2) is 17.7 Å². The quantitative estimate of drug-likeness (QED) is 0.0974. The molecule has 3 aromatic rings. The molecule has 0 bridgehead atoms. The van der Waals surface area contributed by atoms with E-state index < -0.39 is 83.7 Å². The molecule has 0 radical (unpaired) electrons. The number of ether oxygens (including phenoxy) is 2. The highest BCUT2D eigenvalue weighted by atomic mass is 31.3. The van der Waals surface area contributed by atoms with Crippen molar-refractivity contribution in [1.82, 2.24) is 19.5 Å². The molecule has 5 rings (SSSR count). The van der Waals surface area contributed by atoms with E-state index in [4.69, 9.17) is 35.7 Å². The van der Waals surface area contributed by atoms with Crippen LogP contribution in [-0.4, -0.2) is 105 Å². The number of aliphatic hydroxyl groups is 4. The summed E-state index contributed by atoms with van der Waals surface area (Å²) in [6, 6.07) is 5.70. The summed E-state index contributed by atoms with van der Waals surface area (Å²) in [4.78, 5) is 43.3. The van der Waals surface area contributed by atoms with E-state index in [1.54, 1.807) is 0 Å². The maximum absolute atomic E-state index is 12.5. The highest BCUT2D eigenvalue weighted by Gasteiger charge is 2.48. The van der Waals surface area contributed by atoms with Gasteiger partial charge >= 0.3 is 15.6 Å². The molecule has 2 aliphatic heterocycles. The van der Waals surface area contributed by atoms with Gasteiger partial charge < -0.3 is 56.9 Å². The predicted octanol–water partition coefficient (Wildman–Crippen LogP) is -2.18. The Kier molecular flexibility index (Phi) is 9.28. The number of nitrogens with zero attached hydrogens (tertiary/aromatic N) is 4. The largest absolute Gasteiger partial charge is 0.481 e. The molecule has 0 saturated carbocycles. The second kappa shape index (κ2) is 12.6. The number of hydrogen-bond acceptors (Lipinski definition) is 17. The third-order valence-electron chi connectivity index (χ3n) is 6.95. The molecular weight excluding hydrogens is 648 g/mol. The van der Waals surface area contributed by atoms with Gasteiger partial charge in [-0.05, 0) is 17.7 Å². The van der Waals surface area contributed by atoms with E-state index in [1.165, 1.54) is 35.2 Å². The van der Waals surface area contributed by atoms with E-state index >= 15 is 0 Å². The zero-order valence-electron chi connectivity index (χ0n) is 22.8. The molecule has 4 heterocycles. The van der Waals surface area contributed by atoms with E-state index in [0.29, 0.717) is 0 Å². The number of nitrogen functional groups attached to an aromatic ring is 2. The summed E-state index contributed by atoms with van der Waals surface area (Å²) in [6.07, 6.45) is -10.7. The van der Waals surface area contributed by atoms with Crippen LogP contribution < -0.4 is 17.2 Å². The Morgan fingerprint density at radius 2 is 1.56 bits per heavy atom. The van der Waals surface area contributed by atoms with Crippen LogP contribution in [0.1, 0.15) is 28.3 Å². The first-order valence-electron chi connectivity index (χ1n) is 12.9. The average Bonchev–Trinajstić information content (AvgIpc) is 3.60. The molecule has 10 atom stereocenters. The van der Waals surface area contributed by atoms with Gasteiger partial charge in [-0.2, -0.15) is 14.3 Å². The average molecular weight is 677 g/mol. The zero-order valence-corrected chi connectivity index (χ0v) is 24.6. The lowest BCUT2D eigenvalue weighted by atomic mass is 10.00. The van der Waals surface area contributed by atoms with Crippen molar-refractivity contribution in [2.75, 3.05) is 24.7 Å². The number of rotatable bonds is 11. The van der Waals surface area contributed by atoms with Gasteiger partial charge in [0.2, 0.25) is 11.9 Å². The smallest absolute Gasteiger partial charge is 0.387 e. The second-order valence-corrected chi connectivity index (χ2v) is 13.1. The third kappa shape index (κ3) is 7.00. The number of fused-ring (bicyclic) bond motifs is 1. The molecule has 10 unspecified atom stereocenters. The molecule has 2 aliphatic rings. The van der Waals surface area contributed by atoms with Crippen LogP contribution in [0.15, 0.2) is 30.6 Å². The first-order valence-corrected chi connectivity index (χ1v) is 15.9. The Hall–Kier alpha value is -3.14. The van der Waals surface area contributed by atoms with Crippen molar-refractivity contribution < 1.29 is 67.0 Å². The Morgan fingerprint density at radius 1 is 0.933 bits per heavy atom.